The van der Waals surface area contributed by atoms with E-state index in [9.17, 15) is 0 Å². The van der Waals surface area contributed by atoms with Crippen LogP contribution in [0.25, 0.3) is 0 Å². The Balaban J connectivity index is 2.69. The second-order valence-electron chi connectivity index (χ2n) is 4.23. The lowest BCUT2D eigenvalue weighted by molar-refractivity contribution is 0.371. The fourth-order valence-electron chi connectivity index (χ4n) is 1.20. The Morgan fingerprint density at radius 1 is 1.43 bits per heavy atom. The Morgan fingerprint density at radius 3 is 2.57 bits per heavy atom. The van der Waals surface area contributed by atoms with E-state index in [0.29, 0.717) is 6.54 Å². The molecule has 0 saturated carbocycles. The topological polar surface area (TPSA) is 48.1 Å². The summed E-state index contributed by atoms with van der Waals surface area (Å²) in [6.45, 7) is 4.94. The third-order valence-electron chi connectivity index (χ3n) is 2.25. The molecular weight excluding hydrogens is 176 g/mol. The maximum atomic E-state index is 5.66. The lowest BCUT2D eigenvalue weighted by atomic mass is 9.88. The van der Waals surface area contributed by atoms with Crippen LogP contribution in [0, 0.1) is 5.41 Å². The van der Waals surface area contributed by atoms with Crippen LogP contribution in [0.2, 0.25) is 0 Å². The summed E-state index contributed by atoms with van der Waals surface area (Å²) in [4.78, 5) is 4.30. The highest BCUT2D eigenvalue weighted by Gasteiger charge is 2.16. The molecule has 0 amide bonds. The predicted molar refractivity (Wildman–Crippen MR) is 57.3 cm³/mol. The molecule has 78 valence electrons. The molecule has 3 nitrogen and oxygen atoms in total. The van der Waals surface area contributed by atoms with Crippen LogP contribution in [0.5, 0.6) is 5.75 Å². The fourth-order valence-corrected chi connectivity index (χ4v) is 1.20. The van der Waals surface area contributed by atoms with Crippen LogP contribution in [0.4, 0.5) is 0 Å². The maximum absolute atomic E-state index is 5.66. The van der Waals surface area contributed by atoms with Crippen molar-refractivity contribution < 1.29 is 4.74 Å². The van der Waals surface area contributed by atoms with Gasteiger partial charge in [0.25, 0.3) is 0 Å². The molecule has 0 aromatic carbocycles. The van der Waals surface area contributed by atoms with E-state index in [0.717, 1.165) is 17.9 Å². The summed E-state index contributed by atoms with van der Waals surface area (Å²) in [6.07, 6.45) is 2.63. The van der Waals surface area contributed by atoms with Crippen molar-refractivity contribution >= 4 is 0 Å². The third kappa shape index (κ3) is 3.00. The normalized spacial score (nSPS) is 11.4. The average molecular weight is 194 g/mol. The van der Waals surface area contributed by atoms with Crippen molar-refractivity contribution in [3.8, 4) is 5.75 Å². The summed E-state index contributed by atoms with van der Waals surface area (Å²) in [5, 5.41) is 0. The van der Waals surface area contributed by atoms with Crippen LogP contribution in [0.15, 0.2) is 18.3 Å². The number of nitrogens with zero attached hydrogens (tertiary/aromatic N) is 1. The first-order valence-corrected chi connectivity index (χ1v) is 4.76. The molecule has 0 spiro atoms. The average Bonchev–Trinajstić information content (AvgIpc) is 2.19. The minimum Gasteiger partial charge on any atom is -0.495 e. The first kappa shape index (κ1) is 11.0. The van der Waals surface area contributed by atoms with Crippen LogP contribution >= 0.6 is 0 Å². The molecule has 0 fully saturated rings. The molecule has 1 aromatic heterocycles. The monoisotopic (exact) mass is 194 g/mol. The van der Waals surface area contributed by atoms with E-state index in [1.165, 1.54) is 0 Å². The highest BCUT2D eigenvalue weighted by Crippen LogP contribution is 2.19. The van der Waals surface area contributed by atoms with Gasteiger partial charge in [0.15, 0.2) is 0 Å². The van der Waals surface area contributed by atoms with Crippen LogP contribution in [-0.2, 0) is 6.42 Å². The van der Waals surface area contributed by atoms with Crippen molar-refractivity contribution in [1.82, 2.24) is 4.98 Å². The summed E-state index contributed by atoms with van der Waals surface area (Å²) < 4.78 is 5.04. The second-order valence-corrected chi connectivity index (χ2v) is 4.23. The van der Waals surface area contributed by atoms with Gasteiger partial charge < -0.3 is 10.5 Å². The minimum atomic E-state index is 0.113. The van der Waals surface area contributed by atoms with E-state index in [1.807, 2.05) is 12.1 Å². The third-order valence-corrected chi connectivity index (χ3v) is 2.25. The molecule has 14 heavy (non-hydrogen) atoms. The number of aromatic nitrogens is 1. The minimum absolute atomic E-state index is 0.113. The largest absolute Gasteiger partial charge is 0.495 e. The van der Waals surface area contributed by atoms with Gasteiger partial charge in [-0.3, -0.25) is 4.98 Å². The highest BCUT2D eigenvalue weighted by atomic mass is 16.5. The van der Waals surface area contributed by atoms with Gasteiger partial charge in [-0.15, -0.1) is 0 Å². The van der Waals surface area contributed by atoms with Gasteiger partial charge in [-0.05, 0) is 30.5 Å². The zero-order chi connectivity index (χ0) is 10.6. The van der Waals surface area contributed by atoms with Crippen LogP contribution in [-0.4, -0.2) is 18.6 Å². The number of hydrogen-bond acceptors (Lipinski definition) is 3. The molecule has 0 aliphatic carbocycles. The fraction of sp³-hybridized carbons (Fsp3) is 0.545. The summed E-state index contributed by atoms with van der Waals surface area (Å²) in [5.41, 5.74) is 6.83. The molecule has 1 heterocycles. The van der Waals surface area contributed by atoms with Gasteiger partial charge in [0.05, 0.1) is 13.3 Å². The van der Waals surface area contributed by atoms with E-state index < -0.39 is 0 Å². The SMILES string of the molecule is COc1ccc(CC(C)(C)CN)nc1. The number of rotatable bonds is 4. The molecule has 3 heteroatoms. The lowest BCUT2D eigenvalue weighted by Gasteiger charge is -2.21. The Labute approximate surface area is 85.3 Å². The zero-order valence-electron chi connectivity index (χ0n) is 9.08. The number of nitrogens with two attached hydrogens (primary N) is 1. The van der Waals surface area contributed by atoms with Crippen LogP contribution in [0.3, 0.4) is 0 Å². The van der Waals surface area contributed by atoms with E-state index in [1.54, 1.807) is 13.3 Å². The standard InChI is InChI=1S/C11H18N2O/c1-11(2,8-12)6-9-4-5-10(14-3)7-13-9/h4-5,7H,6,8,12H2,1-3H3. The molecule has 0 aliphatic rings. The van der Waals surface area contributed by atoms with Gasteiger partial charge in [0.1, 0.15) is 5.75 Å². The molecule has 0 aliphatic heterocycles. The van der Waals surface area contributed by atoms with Crippen LogP contribution in [0.1, 0.15) is 19.5 Å². The summed E-state index contributed by atoms with van der Waals surface area (Å²) in [7, 11) is 1.64. The molecule has 0 unspecified atom stereocenters. The zero-order valence-corrected chi connectivity index (χ0v) is 9.08. The number of pyridine rings is 1. The molecular formula is C11H18N2O. The first-order chi connectivity index (χ1) is 6.57. The molecule has 0 radical (unpaired) electrons. The van der Waals surface area contributed by atoms with Crippen LogP contribution < -0.4 is 10.5 Å². The van der Waals surface area contributed by atoms with Gasteiger partial charge >= 0.3 is 0 Å². The van der Waals surface area contributed by atoms with Crippen molar-refractivity contribution in [2.45, 2.75) is 20.3 Å². The number of methoxy groups -OCH3 is 1. The second kappa shape index (κ2) is 4.42. The van der Waals surface area contributed by atoms with E-state index in [-0.39, 0.29) is 5.41 Å². The Morgan fingerprint density at radius 2 is 2.14 bits per heavy atom. The molecule has 0 atom stereocenters. The van der Waals surface area contributed by atoms with Gasteiger partial charge in [-0.1, -0.05) is 13.8 Å². The van der Waals surface area contributed by atoms with E-state index >= 15 is 0 Å². The summed E-state index contributed by atoms with van der Waals surface area (Å²) in [5.74, 6) is 0.791. The highest BCUT2D eigenvalue weighted by molar-refractivity contribution is 5.20. The molecule has 0 saturated heterocycles. The van der Waals surface area contributed by atoms with Crippen molar-refractivity contribution in [3.63, 3.8) is 0 Å². The molecule has 1 rings (SSSR count). The van der Waals surface area contributed by atoms with Crippen molar-refractivity contribution in [2.24, 2.45) is 11.1 Å². The van der Waals surface area contributed by atoms with Crippen molar-refractivity contribution in [1.29, 1.82) is 0 Å². The van der Waals surface area contributed by atoms with Crippen molar-refractivity contribution in [2.75, 3.05) is 13.7 Å². The van der Waals surface area contributed by atoms with E-state index in [2.05, 4.69) is 18.8 Å². The smallest absolute Gasteiger partial charge is 0.137 e. The predicted octanol–water partition coefficient (Wildman–Crippen LogP) is 1.62. The Hall–Kier alpha value is -1.09. The molecule has 2 N–H and O–H groups in total. The molecule has 0 bridgehead atoms. The Kier molecular flexibility index (Phi) is 3.47. The van der Waals surface area contributed by atoms with Gasteiger partial charge in [0.2, 0.25) is 0 Å². The van der Waals surface area contributed by atoms with Crippen molar-refractivity contribution in [3.05, 3.63) is 24.0 Å². The number of hydrogen-bond donors (Lipinski definition) is 1. The van der Waals surface area contributed by atoms with Gasteiger partial charge in [0, 0.05) is 5.69 Å². The van der Waals surface area contributed by atoms with Gasteiger partial charge in [-0.2, -0.15) is 0 Å². The quantitative estimate of drug-likeness (QED) is 0.792. The number of ether oxygens (including phenoxy) is 1. The Bertz CT molecular complexity index is 280. The first-order valence-electron chi connectivity index (χ1n) is 4.76. The molecule has 1 aromatic rings. The van der Waals surface area contributed by atoms with Gasteiger partial charge in [-0.25, -0.2) is 0 Å². The summed E-state index contributed by atoms with van der Waals surface area (Å²) in [6, 6.07) is 3.91. The summed E-state index contributed by atoms with van der Waals surface area (Å²) >= 11 is 0. The lowest BCUT2D eigenvalue weighted by Crippen LogP contribution is -2.26. The maximum Gasteiger partial charge on any atom is 0.137 e. The van der Waals surface area contributed by atoms with E-state index in [4.69, 9.17) is 10.5 Å².